The number of hydrogen-bond acceptors (Lipinski definition) is 4. The number of nitrogens with one attached hydrogen (secondary N) is 1. The molecule has 1 amide bonds. The Bertz CT molecular complexity index is 312. The van der Waals surface area contributed by atoms with Gasteiger partial charge in [-0.05, 0) is 26.0 Å². The molecule has 1 rings (SSSR count). The topological polar surface area (TPSA) is 64.3 Å². The Hall–Kier alpha value is -0.910. The van der Waals surface area contributed by atoms with E-state index in [4.69, 9.17) is 10.6 Å². The van der Waals surface area contributed by atoms with Crippen LogP contribution in [0.5, 0.6) is 0 Å². The summed E-state index contributed by atoms with van der Waals surface area (Å²) in [6, 6.07) is 4.16. The molecular weight excluding hydrogens is 200 g/mol. The van der Waals surface area contributed by atoms with Gasteiger partial charge in [0.05, 0.1) is 6.04 Å². The number of aryl methyl sites for hydroxylation is 1. The lowest BCUT2D eigenvalue weighted by Gasteiger charge is -2.10. The summed E-state index contributed by atoms with van der Waals surface area (Å²) in [5.74, 6) is -0.480. The summed E-state index contributed by atoms with van der Waals surface area (Å²) in [6.45, 7) is 3.91. The first kappa shape index (κ1) is 11.2. The van der Waals surface area contributed by atoms with Crippen LogP contribution in [0.3, 0.4) is 0 Å². The molecule has 1 aromatic heterocycles. The van der Waals surface area contributed by atoms with Crippen molar-refractivity contribution < 1.29 is 9.63 Å². The molecule has 0 aliphatic carbocycles. The number of nitrogens with two attached hydrogens (primary N) is 1. The highest BCUT2D eigenvalue weighted by Gasteiger charge is 2.07. The average Bonchev–Trinajstić information content (AvgIpc) is 2.51. The van der Waals surface area contributed by atoms with Crippen molar-refractivity contribution in [1.82, 2.24) is 5.48 Å². The van der Waals surface area contributed by atoms with E-state index < -0.39 is 5.91 Å². The lowest BCUT2D eigenvalue weighted by molar-refractivity contribution is -0.125. The van der Waals surface area contributed by atoms with Crippen molar-refractivity contribution in [3.05, 3.63) is 21.9 Å². The minimum Gasteiger partial charge on any atom is -0.368 e. The molecule has 4 nitrogen and oxygen atoms in total. The van der Waals surface area contributed by atoms with Crippen LogP contribution < -0.4 is 11.2 Å². The van der Waals surface area contributed by atoms with Crippen molar-refractivity contribution in [3.63, 3.8) is 0 Å². The van der Waals surface area contributed by atoms with E-state index in [0.29, 0.717) is 0 Å². The number of thiophene rings is 1. The Morgan fingerprint density at radius 1 is 1.71 bits per heavy atom. The fourth-order valence-electron chi connectivity index (χ4n) is 0.982. The highest BCUT2D eigenvalue weighted by molar-refractivity contribution is 7.12. The molecule has 1 aromatic rings. The SMILES string of the molecule is Cc1ccc(C(C)NOCC(N)=O)s1. The summed E-state index contributed by atoms with van der Waals surface area (Å²) in [5, 5.41) is 0. The zero-order valence-corrected chi connectivity index (χ0v) is 9.06. The molecule has 0 bridgehead atoms. The first-order valence-electron chi connectivity index (χ1n) is 4.31. The normalized spacial score (nSPS) is 12.7. The Kier molecular flexibility index (Phi) is 4.06. The van der Waals surface area contributed by atoms with Crippen LogP contribution in [0, 0.1) is 6.92 Å². The third-order valence-electron chi connectivity index (χ3n) is 1.66. The van der Waals surface area contributed by atoms with Crippen LogP contribution >= 0.6 is 11.3 Å². The molecule has 1 heterocycles. The quantitative estimate of drug-likeness (QED) is 0.722. The Balaban J connectivity index is 2.35. The molecule has 14 heavy (non-hydrogen) atoms. The number of primary amides is 1. The van der Waals surface area contributed by atoms with Crippen LogP contribution in [-0.4, -0.2) is 12.5 Å². The van der Waals surface area contributed by atoms with E-state index >= 15 is 0 Å². The molecule has 0 radical (unpaired) electrons. The molecule has 78 valence electrons. The van der Waals surface area contributed by atoms with E-state index in [1.807, 2.05) is 26.0 Å². The number of carbonyl (C=O) groups is 1. The molecule has 3 N–H and O–H groups in total. The van der Waals surface area contributed by atoms with E-state index in [1.54, 1.807) is 11.3 Å². The zero-order chi connectivity index (χ0) is 10.6. The minimum atomic E-state index is -0.480. The maximum absolute atomic E-state index is 10.4. The molecule has 0 aliphatic heterocycles. The molecule has 0 saturated heterocycles. The number of hydroxylamine groups is 1. The van der Waals surface area contributed by atoms with Gasteiger partial charge in [-0.15, -0.1) is 11.3 Å². The van der Waals surface area contributed by atoms with E-state index in [2.05, 4.69) is 5.48 Å². The van der Waals surface area contributed by atoms with Gasteiger partial charge in [-0.3, -0.25) is 9.63 Å². The van der Waals surface area contributed by atoms with Crippen LogP contribution in [0.15, 0.2) is 12.1 Å². The van der Waals surface area contributed by atoms with Crippen molar-refractivity contribution in [2.75, 3.05) is 6.61 Å². The van der Waals surface area contributed by atoms with Gasteiger partial charge >= 0.3 is 0 Å². The maximum Gasteiger partial charge on any atom is 0.245 e. The molecular formula is C9H14N2O2S. The predicted octanol–water partition coefficient (Wildman–Crippen LogP) is 1.12. The maximum atomic E-state index is 10.4. The summed E-state index contributed by atoms with van der Waals surface area (Å²) in [4.78, 5) is 17.7. The van der Waals surface area contributed by atoms with Crippen molar-refractivity contribution in [2.24, 2.45) is 5.73 Å². The monoisotopic (exact) mass is 214 g/mol. The highest BCUT2D eigenvalue weighted by Crippen LogP contribution is 2.21. The number of hydrogen-bond donors (Lipinski definition) is 2. The van der Waals surface area contributed by atoms with Gasteiger partial charge in [-0.2, -0.15) is 5.48 Å². The Morgan fingerprint density at radius 3 is 2.93 bits per heavy atom. The predicted molar refractivity (Wildman–Crippen MR) is 55.8 cm³/mol. The van der Waals surface area contributed by atoms with Crippen LogP contribution in [-0.2, 0) is 9.63 Å². The first-order valence-corrected chi connectivity index (χ1v) is 5.13. The second-order valence-electron chi connectivity index (χ2n) is 3.04. The lowest BCUT2D eigenvalue weighted by Crippen LogP contribution is -2.26. The van der Waals surface area contributed by atoms with Crippen LogP contribution in [0.2, 0.25) is 0 Å². The fraction of sp³-hybridized carbons (Fsp3) is 0.444. The summed E-state index contributed by atoms with van der Waals surface area (Å²) < 4.78 is 0. The van der Waals surface area contributed by atoms with Gasteiger partial charge < -0.3 is 5.73 Å². The van der Waals surface area contributed by atoms with E-state index in [-0.39, 0.29) is 12.6 Å². The third kappa shape index (κ3) is 3.45. The number of rotatable bonds is 5. The summed E-state index contributed by atoms with van der Waals surface area (Å²) in [5.41, 5.74) is 7.67. The summed E-state index contributed by atoms with van der Waals surface area (Å²) >= 11 is 1.70. The van der Waals surface area contributed by atoms with Crippen molar-refractivity contribution in [3.8, 4) is 0 Å². The number of carbonyl (C=O) groups excluding carboxylic acids is 1. The van der Waals surface area contributed by atoms with Gasteiger partial charge in [-0.1, -0.05) is 0 Å². The fourth-order valence-corrected chi connectivity index (χ4v) is 1.85. The van der Waals surface area contributed by atoms with Gasteiger partial charge in [0, 0.05) is 9.75 Å². The molecule has 0 aliphatic rings. The second-order valence-corrected chi connectivity index (χ2v) is 4.36. The molecule has 1 atom stereocenters. The van der Waals surface area contributed by atoms with Crippen molar-refractivity contribution in [2.45, 2.75) is 19.9 Å². The van der Waals surface area contributed by atoms with E-state index in [9.17, 15) is 4.79 Å². The highest BCUT2D eigenvalue weighted by atomic mass is 32.1. The third-order valence-corrected chi connectivity index (χ3v) is 2.85. The largest absolute Gasteiger partial charge is 0.368 e. The zero-order valence-electron chi connectivity index (χ0n) is 8.24. The molecule has 0 aromatic carbocycles. The molecule has 1 unspecified atom stereocenters. The molecule has 0 fully saturated rings. The van der Waals surface area contributed by atoms with Gasteiger partial charge in [0.15, 0.2) is 0 Å². The van der Waals surface area contributed by atoms with Crippen LogP contribution in [0.1, 0.15) is 22.7 Å². The van der Waals surface area contributed by atoms with Gasteiger partial charge in [0.1, 0.15) is 6.61 Å². The van der Waals surface area contributed by atoms with Gasteiger partial charge in [-0.25, -0.2) is 0 Å². The smallest absolute Gasteiger partial charge is 0.245 e. The number of amides is 1. The molecule has 0 saturated carbocycles. The minimum absolute atomic E-state index is 0.0769. The van der Waals surface area contributed by atoms with Gasteiger partial charge in [0.25, 0.3) is 0 Å². The summed E-state index contributed by atoms with van der Waals surface area (Å²) in [6.07, 6.45) is 0. The van der Waals surface area contributed by atoms with E-state index in [0.717, 1.165) is 0 Å². The van der Waals surface area contributed by atoms with E-state index in [1.165, 1.54) is 9.75 Å². The molecule has 5 heteroatoms. The van der Waals surface area contributed by atoms with Crippen molar-refractivity contribution >= 4 is 17.2 Å². The lowest BCUT2D eigenvalue weighted by atomic mass is 10.3. The van der Waals surface area contributed by atoms with Crippen LogP contribution in [0.4, 0.5) is 0 Å². The van der Waals surface area contributed by atoms with Crippen molar-refractivity contribution in [1.29, 1.82) is 0 Å². The molecule has 0 spiro atoms. The standard InChI is InChI=1S/C9H14N2O2S/c1-6-3-4-8(14-6)7(2)11-13-5-9(10)12/h3-4,7,11H,5H2,1-2H3,(H2,10,12). The first-order chi connectivity index (χ1) is 6.59. The average molecular weight is 214 g/mol. The summed E-state index contributed by atoms with van der Waals surface area (Å²) in [7, 11) is 0. The van der Waals surface area contributed by atoms with Gasteiger partial charge in [0.2, 0.25) is 5.91 Å². The Morgan fingerprint density at radius 2 is 2.43 bits per heavy atom. The second kappa shape index (κ2) is 5.09. The Labute approximate surface area is 87.0 Å². The van der Waals surface area contributed by atoms with Crippen LogP contribution in [0.25, 0.3) is 0 Å².